The molecular formula is C9H12ClN3O. The second-order valence-corrected chi connectivity index (χ2v) is 3.78. The van der Waals surface area contributed by atoms with Crippen LogP contribution in [0.5, 0.6) is 5.75 Å². The molecule has 0 atom stereocenters. The molecule has 1 fully saturated rings. The molecular weight excluding hydrogens is 202 g/mol. The Morgan fingerprint density at radius 3 is 3.00 bits per heavy atom. The average Bonchev–Trinajstić information content (AvgIpc) is 2.15. The van der Waals surface area contributed by atoms with Crippen LogP contribution in [0.4, 0.5) is 5.82 Å². The highest BCUT2D eigenvalue weighted by Gasteiger charge is 2.41. The molecule has 1 aromatic heterocycles. The topological polar surface area (TPSA) is 47.0 Å². The Morgan fingerprint density at radius 2 is 2.29 bits per heavy atom. The van der Waals surface area contributed by atoms with Crippen molar-refractivity contribution in [3.63, 3.8) is 0 Å². The number of ether oxygens (including phenoxy) is 1. The van der Waals surface area contributed by atoms with Crippen LogP contribution in [-0.4, -0.2) is 22.1 Å². The minimum atomic E-state index is 0. The Bertz CT molecular complexity index is 341. The van der Waals surface area contributed by atoms with E-state index in [0.717, 1.165) is 18.2 Å². The summed E-state index contributed by atoms with van der Waals surface area (Å²) in [4.78, 5) is 8.06. The summed E-state index contributed by atoms with van der Waals surface area (Å²) in [6, 6.07) is 0. The van der Waals surface area contributed by atoms with Crippen molar-refractivity contribution in [3.05, 3.63) is 12.5 Å². The fourth-order valence-corrected chi connectivity index (χ4v) is 1.89. The van der Waals surface area contributed by atoms with E-state index in [2.05, 4.69) is 15.3 Å². The summed E-state index contributed by atoms with van der Waals surface area (Å²) in [7, 11) is 0. The van der Waals surface area contributed by atoms with Crippen LogP contribution in [0.25, 0.3) is 0 Å². The standard InChI is InChI=1S/C9H11N3O.ClH/c1-2-9(3-1)5-13-7-4-10-6-11-8(7)12-9;/h4,6H,1-3,5H2,(H,10,11,12);1H. The van der Waals surface area contributed by atoms with Gasteiger partial charge in [-0.25, -0.2) is 9.97 Å². The predicted octanol–water partition coefficient (Wildman–Crippen LogP) is 1.63. The summed E-state index contributed by atoms with van der Waals surface area (Å²) < 4.78 is 5.59. The molecule has 2 aliphatic rings. The van der Waals surface area contributed by atoms with Crippen molar-refractivity contribution in [1.82, 2.24) is 9.97 Å². The van der Waals surface area contributed by atoms with Crippen LogP contribution in [-0.2, 0) is 0 Å². The number of halogens is 1. The highest BCUT2D eigenvalue weighted by Crippen LogP contribution is 2.40. The fraction of sp³-hybridized carbons (Fsp3) is 0.556. The number of rotatable bonds is 0. The van der Waals surface area contributed by atoms with Crippen LogP contribution in [0, 0.1) is 0 Å². The van der Waals surface area contributed by atoms with Crippen molar-refractivity contribution in [2.24, 2.45) is 0 Å². The van der Waals surface area contributed by atoms with E-state index in [1.54, 1.807) is 12.5 Å². The molecule has 1 N–H and O–H groups in total. The van der Waals surface area contributed by atoms with E-state index in [1.807, 2.05) is 0 Å². The van der Waals surface area contributed by atoms with Crippen molar-refractivity contribution < 1.29 is 4.74 Å². The predicted molar refractivity (Wildman–Crippen MR) is 55.0 cm³/mol. The monoisotopic (exact) mass is 213 g/mol. The lowest BCUT2D eigenvalue weighted by atomic mass is 9.77. The summed E-state index contributed by atoms with van der Waals surface area (Å²) >= 11 is 0. The molecule has 14 heavy (non-hydrogen) atoms. The lowest BCUT2D eigenvalue weighted by Crippen LogP contribution is -2.52. The van der Waals surface area contributed by atoms with Crippen LogP contribution in [0.15, 0.2) is 12.5 Å². The van der Waals surface area contributed by atoms with Gasteiger partial charge in [-0.2, -0.15) is 0 Å². The van der Waals surface area contributed by atoms with Crippen molar-refractivity contribution in [2.75, 3.05) is 11.9 Å². The number of anilines is 1. The molecule has 0 radical (unpaired) electrons. The van der Waals surface area contributed by atoms with Gasteiger partial charge in [0.1, 0.15) is 12.9 Å². The van der Waals surface area contributed by atoms with E-state index < -0.39 is 0 Å². The molecule has 5 heteroatoms. The highest BCUT2D eigenvalue weighted by atomic mass is 35.5. The highest BCUT2D eigenvalue weighted by molar-refractivity contribution is 5.85. The fourth-order valence-electron chi connectivity index (χ4n) is 1.89. The molecule has 1 aromatic rings. The van der Waals surface area contributed by atoms with Gasteiger partial charge < -0.3 is 10.1 Å². The number of aromatic nitrogens is 2. The van der Waals surface area contributed by atoms with E-state index in [0.29, 0.717) is 0 Å². The zero-order valence-corrected chi connectivity index (χ0v) is 8.51. The van der Waals surface area contributed by atoms with Crippen LogP contribution in [0.2, 0.25) is 0 Å². The van der Waals surface area contributed by atoms with E-state index in [9.17, 15) is 0 Å². The van der Waals surface area contributed by atoms with Crippen LogP contribution < -0.4 is 10.1 Å². The zero-order valence-electron chi connectivity index (χ0n) is 7.69. The summed E-state index contributed by atoms with van der Waals surface area (Å²) in [5.74, 6) is 1.63. The molecule has 0 unspecified atom stereocenters. The summed E-state index contributed by atoms with van der Waals surface area (Å²) in [5.41, 5.74) is 0.182. The quantitative estimate of drug-likeness (QED) is 0.712. The van der Waals surface area contributed by atoms with Crippen molar-refractivity contribution in [2.45, 2.75) is 24.8 Å². The van der Waals surface area contributed by atoms with Crippen LogP contribution >= 0.6 is 12.4 Å². The number of hydrogen-bond acceptors (Lipinski definition) is 4. The molecule has 0 bridgehead atoms. The first kappa shape index (κ1) is 9.52. The van der Waals surface area contributed by atoms with Crippen LogP contribution in [0.3, 0.4) is 0 Å². The lowest BCUT2D eigenvalue weighted by Gasteiger charge is -2.45. The Morgan fingerprint density at radius 1 is 1.43 bits per heavy atom. The summed E-state index contributed by atoms with van der Waals surface area (Å²) in [6.07, 6.45) is 6.93. The Kier molecular flexibility index (Phi) is 2.23. The first-order valence-electron chi connectivity index (χ1n) is 4.59. The number of hydrogen-bond donors (Lipinski definition) is 1. The van der Waals surface area contributed by atoms with E-state index in [1.165, 1.54) is 19.3 Å². The van der Waals surface area contributed by atoms with Gasteiger partial charge in [0.2, 0.25) is 0 Å². The second-order valence-electron chi connectivity index (χ2n) is 3.78. The molecule has 3 rings (SSSR count). The Labute approximate surface area is 88.5 Å². The molecule has 1 aliphatic heterocycles. The largest absolute Gasteiger partial charge is 0.486 e. The molecule has 0 saturated heterocycles. The third-order valence-corrected chi connectivity index (χ3v) is 2.88. The lowest BCUT2D eigenvalue weighted by molar-refractivity contribution is 0.146. The molecule has 0 amide bonds. The van der Waals surface area contributed by atoms with Crippen molar-refractivity contribution in [3.8, 4) is 5.75 Å². The molecule has 1 spiro atoms. The van der Waals surface area contributed by atoms with Gasteiger partial charge in [-0.3, -0.25) is 0 Å². The maximum absolute atomic E-state index is 5.59. The van der Waals surface area contributed by atoms with Crippen molar-refractivity contribution >= 4 is 18.2 Å². The second kappa shape index (κ2) is 3.28. The molecule has 1 aliphatic carbocycles. The molecule has 1 saturated carbocycles. The van der Waals surface area contributed by atoms with Gasteiger partial charge in [0, 0.05) is 0 Å². The van der Waals surface area contributed by atoms with Gasteiger partial charge in [0.15, 0.2) is 11.6 Å². The summed E-state index contributed by atoms with van der Waals surface area (Å²) in [6.45, 7) is 0.757. The van der Waals surface area contributed by atoms with Gasteiger partial charge in [-0.05, 0) is 19.3 Å². The Balaban J connectivity index is 0.000000750. The molecule has 2 heterocycles. The number of nitrogens with zero attached hydrogens (tertiary/aromatic N) is 2. The zero-order chi connectivity index (χ0) is 8.73. The van der Waals surface area contributed by atoms with E-state index >= 15 is 0 Å². The average molecular weight is 214 g/mol. The summed E-state index contributed by atoms with van der Waals surface area (Å²) in [5, 5.41) is 3.43. The van der Waals surface area contributed by atoms with Gasteiger partial charge in [-0.15, -0.1) is 12.4 Å². The van der Waals surface area contributed by atoms with Gasteiger partial charge in [0.05, 0.1) is 11.7 Å². The smallest absolute Gasteiger partial charge is 0.179 e. The van der Waals surface area contributed by atoms with Crippen LogP contribution in [0.1, 0.15) is 19.3 Å². The molecule has 76 valence electrons. The first-order valence-corrected chi connectivity index (χ1v) is 4.59. The van der Waals surface area contributed by atoms with E-state index in [4.69, 9.17) is 4.74 Å². The number of nitrogens with one attached hydrogen (secondary N) is 1. The van der Waals surface area contributed by atoms with Gasteiger partial charge in [-0.1, -0.05) is 0 Å². The third-order valence-electron chi connectivity index (χ3n) is 2.88. The SMILES string of the molecule is Cl.c1ncc2c(n1)NC1(CCC1)CO2. The Hall–Kier alpha value is -1.03. The molecule has 4 nitrogen and oxygen atoms in total. The van der Waals surface area contributed by atoms with Gasteiger partial charge in [0.25, 0.3) is 0 Å². The molecule has 0 aromatic carbocycles. The van der Waals surface area contributed by atoms with E-state index in [-0.39, 0.29) is 17.9 Å². The maximum atomic E-state index is 5.59. The number of fused-ring (bicyclic) bond motifs is 1. The first-order chi connectivity index (χ1) is 6.38. The minimum absolute atomic E-state index is 0. The normalized spacial score (nSPS) is 20.9. The maximum Gasteiger partial charge on any atom is 0.179 e. The third kappa shape index (κ3) is 1.30. The minimum Gasteiger partial charge on any atom is -0.486 e. The van der Waals surface area contributed by atoms with Crippen molar-refractivity contribution in [1.29, 1.82) is 0 Å². The van der Waals surface area contributed by atoms with Gasteiger partial charge >= 0.3 is 0 Å².